The van der Waals surface area contributed by atoms with Crippen LogP contribution in [0.15, 0.2) is 57.7 Å². The Bertz CT molecular complexity index is 902. The summed E-state index contributed by atoms with van der Waals surface area (Å²) < 4.78 is 5.92. The van der Waals surface area contributed by atoms with Crippen LogP contribution in [-0.4, -0.2) is 0 Å². The first kappa shape index (κ1) is 13.1. The van der Waals surface area contributed by atoms with Crippen LogP contribution in [0.3, 0.4) is 0 Å². The van der Waals surface area contributed by atoms with Gasteiger partial charge in [0.05, 0.1) is 17.9 Å². The van der Waals surface area contributed by atoms with E-state index in [4.69, 9.17) is 9.68 Å². The number of fused-ring (bicyclic) bond motifs is 1. The van der Waals surface area contributed by atoms with Crippen molar-refractivity contribution < 1.29 is 4.42 Å². The summed E-state index contributed by atoms with van der Waals surface area (Å²) in [5.41, 5.74) is 2.97. The molecule has 0 unspecified atom stereocenters. The standard InChI is InChI=1S/C18H13NO2/c1-12-9-14(7-8-19)18-15(10-12)16(20)11-17(21-18)13-5-3-2-4-6-13/h2-6,9-11H,7H2,1H3. The summed E-state index contributed by atoms with van der Waals surface area (Å²) in [5.74, 6) is 0.524. The molecule has 2 aromatic carbocycles. The number of rotatable bonds is 2. The summed E-state index contributed by atoms with van der Waals surface area (Å²) in [5, 5.41) is 9.48. The smallest absolute Gasteiger partial charge is 0.193 e. The summed E-state index contributed by atoms with van der Waals surface area (Å²) in [6.07, 6.45) is 0.222. The normalized spacial score (nSPS) is 10.5. The molecule has 0 aliphatic carbocycles. The van der Waals surface area contributed by atoms with E-state index >= 15 is 0 Å². The third kappa shape index (κ3) is 2.44. The monoisotopic (exact) mass is 275 g/mol. The Labute approximate surface area is 122 Å². The van der Waals surface area contributed by atoms with E-state index in [0.717, 1.165) is 16.7 Å². The minimum Gasteiger partial charge on any atom is -0.455 e. The molecule has 0 aliphatic heterocycles. The van der Waals surface area contributed by atoms with Gasteiger partial charge in [0.15, 0.2) is 5.43 Å². The number of benzene rings is 2. The molecule has 3 aromatic rings. The average molecular weight is 275 g/mol. The Hall–Kier alpha value is -2.86. The third-order valence-electron chi connectivity index (χ3n) is 3.38. The summed E-state index contributed by atoms with van der Waals surface area (Å²) in [6.45, 7) is 1.91. The fourth-order valence-corrected chi connectivity index (χ4v) is 2.45. The molecule has 102 valence electrons. The van der Waals surface area contributed by atoms with Crippen LogP contribution in [0.2, 0.25) is 0 Å². The molecule has 1 heterocycles. The predicted octanol–water partition coefficient (Wildman–Crippen LogP) is 3.83. The van der Waals surface area contributed by atoms with Crippen LogP contribution < -0.4 is 5.43 Å². The summed E-state index contributed by atoms with van der Waals surface area (Å²) in [6, 6.07) is 16.8. The molecule has 0 saturated heterocycles. The Balaban J connectivity index is 2.33. The van der Waals surface area contributed by atoms with Crippen LogP contribution in [-0.2, 0) is 6.42 Å². The van der Waals surface area contributed by atoms with E-state index in [2.05, 4.69) is 6.07 Å². The Kier molecular flexibility index (Phi) is 3.29. The van der Waals surface area contributed by atoms with Crippen LogP contribution in [0.1, 0.15) is 11.1 Å². The lowest BCUT2D eigenvalue weighted by Gasteiger charge is -2.07. The van der Waals surface area contributed by atoms with Crippen molar-refractivity contribution in [3.05, 3.63) is 69.9 Å². The predicted molar refractivity (Wildman–Crippen MR) is 82.0 cm³/mol. The highest BCUT2D eigenvalue weighted by atomic mass is 16.3. The van der Waals surface area contributed by atoms with Crippen molar-refractivity contribution in [3.63, 3.8) is 0 Å². The van der Waals surface area contributed by atoms with Crippen molar-refractivity contribution in [1.29, 1.82) is 5.26 Å². The molecule has 0 bridgehead atoms. The molecular formula is C18H13NO2. The van der Waals surface area contributed by atoms with Crippen LogP contribution >= 0.6 is 0 Å². The highest BCUT2D eigenvalue weighted by Gasteiger charge is 2.11. The molecule has 3 heteroatoms. The minimum atomic E-state index is -0.0852. The topological polar surface area (TPSA) is 54.0 Å². The number of aryl methyl sites for hydroxylation is 1. The van der Waals surface area contributed by atoms with Crippen LogP contribution in [0.25, 0.3) is 22.3 Å². The van der Waals surface area contributed by atoms with Gasteiger partial charge < -0.3 is 4.42 Å². The van der Waals surface area contributed by atoms with E-state index < -0.39 is 0 Å². The first-order valence-corrected chi connectivity index (χ1v) is 6.69. The lowest BCUT2D eigenvalue weighted by Crippen LogP contribution is -2.02. The summed E-state index contributed by atoms with van der Waals surface area (Å²) >= 11 is 0. The van der Waals surface area contributed by atoms with Gasteiger partial charge in [0.25, 0.3) is 0 Å². The molecule has 21 heavy (non-hydrogen) atoms. The van der Waals surface area contributed by atoms with Crippen LogP contribution in [0.4, 0.5) is 0 Å². The van der Waals surface area contributed by atoms with Gasteiger partial charge in [0.1, 0.15) is 11.3 Å². The molecule has 0 fully saturated rings. The lowest BCUT2D eigenvalue weighted by molar-refractivity contribution is 0.615. The highest BCUT2D eigenvalue weighted by molar-refractivity contribution is 5.82. The fraction of sp³-hybridized carbons (Fsp3) is 0.111. The molecule has 0 amide bonds. The summed E-state index contributed by atoms with van der Waals surface area (Å²) in [4.78, 5) is 12.3. The number of hydrogen-bond acceptors (Lipinski definition) is 3. The van der Waals surface area contributed by atoms with Crippen molar-refractivity contribution in [3.8, 4) is 17.4 Å². The highest BCUT2D eigenvalue weighted by Crippen LogP contribution is 2.25. The Morgan fingerprint density at radius 2 is 1.90 bits per heavy atom. The van der Waals surface area contributed by atoms with Crippen molar-refractivity contribution in [2.24, 2.45) is 0 Å². The molecule has 0 spiro atoms. The van der Waals surface area contributed by atoms with Crippen molar-refractivity contribution in [2.75, 3.05) is 0 Å². The van der Waals surface area contributed by atoms with E-state index in [-0.39, 0.29) is 11.8 Å². The number of nitrogens with zero attached hydrogens (tertiary/aromatic N) is 1. The largest absolute Gasteiger partial charge is 0.455 e. The zero-order chi connectivity index (χ0) is 14.8. The zero-order valence-corrected chi connectivity index (χ0v) is 11.6. The average Bonchev–Trinajstić information content (AvgIpc) is 2.49. The van der Waals surface area contributed by atoms with Crippen molar-refractivity contribution >= 4 is 11.0 Å². The maximum absolute atomic E-state index is 12.3. The van der Waals surface area contributed by atoms with Crippen LogP contribution in [0, 0.1) is 18.3 Å². The van der Waals surface area contributed by atoms with E-state index in [9.17, 15) is 4.79 Å². The second-order valence-corrected chi connectivity index (χ2v) is 4.98. The minimum absolute atomic E-state index is 0.0852. The SMILES string of the molecule is Cc1cc(CC#N)c2oc(-c3ccccc3)cc(=O)c2c1. The van der Waals surface area contributed by atoms with Gasteiger partial charge in [0, 0.05) is 17.2 Å². The Morgan fingerprint density at radius 3 is 2.62 bits per heavy atom. The van der Waals surface area contributed by atoms with Crippen molar-refractivity contribution in [1.82, 2.24) is 0 Å². The molecule has 0 radical (unpaired) electrons. The van der Waals surface area contributed by atoms with E-state index in [0.29, 0.717) is 16.7 Å². The molecular weight excluding hydrogens is 262 g/mol. The van der Waals surface area contributed by atoms with Gasteiger partial charge in [-0.3, -0.25) is 4.79 Å². The summed E-state index contributed by atoms with van der Waals surface area (Å²) in [7, 11) is 0. The Morgan fingerprint density at radius 1 is 1.14 bits per heavy atom. The van der Waals surface area contributed by atoms with Gasteiger partial charge in [0.2, 0.25) is 0 Å². The van der Waals surface area contributed by atoms with Gasteiger partial charge in [-0.1, -0.05) is 36.4 Å². The second kappa shape index (κ2) is 5.26. The maximum Gasteiger partial charge on any atom is 0.193 e. The first-order chi connectivity index (χ1) is 10.2. The zero-order valence-electron chi connectivity index (χ0n) is 11.6. The quantitative estimate of drug-likeness (QED) is 0.714. The third-order valence-corrected chi connectivity index (χ3v) is 3.38. The van der Waals surface area contributed by atoms with Gasteiger partial charge in [-0.05, 0) is 18.6 Å². The van der Waals surface area contributed by atoms with Gasteiger partial charge in [-0.25, -0.2) is 0 Å². The van der Waals surface area contributed by atoms with E-state index in [1.807, 2.05) is 43.3 Å². The van der Waals surface area contributed by atoms with E-state index in [1.54, 1.807) is 6.07 Å². The second-order valence-electron chi connectivity index (χ2n) is 4.98. The molecule has 0 aliphatic rings. The van der Waals surface area contributed by atoms with Gasteiger partial charge >= 0.3 is 0 Å². The molecule has 0 atom stereocenters. The number of nitriles is 1. The molecule has 3 rings (SSSR count). The van der Waals surface area contributed by atoms with Crippen LogP contribution in [0.5, 0.6) is 0 Å². The van der Waals surface area contributed by atoms with Gasteiger partial charge in [-0.2, -0.15) is 5.26 Å². The molecule has 3 nitrogen and oxygen atoms in total. The molecule has 0 saturated carbocycles. The lowest BCUT2D eigenvalue weighted by atomic mass is 10.0. The van der Waals surface area contributed by atoms with Gasteiger partial charge in [-0.15, -0.1) is 0 Å². The molecule has 0 N–H and O–H groups in total. The molecule has 1 aromatic heterocycles. The number of hydrogen-bond donors (Lipinski definition) is 0. The fourth-order valence-electron chi connectivity index (χ4n) is 2.45. The maximum atomic E-state index is 12.3. The van der Waals surface area contributed by atoms with Crippen molar-refractivity contribution in [2.45, 2.75) is 13.3 Å². The first-order valence-electron chi connectivity index (χ1n) is 6.69. The van der Waals surface area contributed by atoms with E-state index in [1.165, 1.54) is 6.07 Å².